The number of nitrogens with one attached hydrogen (secondary N) is 1. The summed E-state index contributed by atoms with van der Waals surface area (Å²) in [5.74, 6) is 1.93. The van der Waals surface area contributed by atoms with Gasteiger partial charge in [0.2, 0.25) is 11.8 Å². The Hall–Kier alpha value is -2.02. The molecule has 3 rings (SSSR count). The standard InChI is InChI=1S/C20H23N3O2S.ClH/c21-19(16-4-2-1-3-5-16)20(25)22-17-8-6-15(7-9-17)14-18(24)23-10-12-26-13-11-23;/h1-9,19H,10-14,21H2,(H,22,25);1H. The quantitative estimate of drug-likeness (QED) is 0.802. The Balaban J connectivity index is 0.00000261. The van der Waals surface area contributed by atoms with E-state index >= 15 is 0 Å². The van der Waals surface area contributed by atoms with Crippen LogP contribution in [0.5, 0.6) is 0 Å². The first-order chi connectivity index (χ1) is 12.6. The summed E-state index contributed by atoms with van der Waals surface area (Å²) >= 11 is 1.89. The van der Waals surface area contributed by atoms with Gasteiger partial charge in [-0.15, -0.1) is 12.4 Å². The lowest BCUT2D eigenvalue weighted by Gasteiger charge is -2.26. The van der Waals surface area contributed by atoms with E-state index in [9.17, 15) is 9.59 Å². The molecule has 1 heterocycles. The molecule has 1 saturated heterocycles. The van der Waals surface area contributed by atoms with Gasteiger partial charge in [-0.05, 0) is 23.3 Å². The fraction of sp³-hybridized carbons (Fsp3) is 0.300. The van der Waals surface area contributed by atoms with Crippen molar-refractivity contribution in [1.82, 2.24) is 4.90 Å². The summed E-state index contributed by atoms with van der Waals surface area (Å²) in [6, 6.07) is 15.9. The fourth-order valence-corrected chi connectivity index (χ4v) is 3.74. The summed E-state index contributed by atoms with van der Waals surface area (Å²) in [5, 5.41) is 2.82. The second-order valence-electron chi connectivity index (χ2n) is 6.24. The minimum Gasteiger partial charge on any atom is -0.341 e. The smallest absolute Gasteiger partial charge is 0.245 e. The predicted molar refractivity (Wildman–Crippen MR) is 113 cm³/mol. The van der Waals surface area contributed by atoms with Crippen molar-refractivity contribution in [3.63, 3.8) is 0 Å². The van der Waals surface area contributed by atoms with E-state index in [1.165, 1.54) is 0 Å². The lowest BCUT2D eigenvalue weighted by Crippen LogP contribution is -2.38. The number of nitrogens with two attached hydrogens (primary N) is 1. The molecule has 1 unspecified atom stereocenters. The molecule has 0 aromatic heterocycles. The summed E-state index contributed by atoms with van der Waals surface area (Å²) in [6.07, 6.45) is 0.391. The van der Waals surface area contributed by atoms with Crippen LogP contribution < -0.4 is 11.1 Å². The van der Waals surface area contributed by atoms with Crippen LogP contribution >= 0.6 is 24.2 Å². The molecule has 2 amide bonds. The molecule has 0 spiro atoms. The van der Waals surface area contributed by atoms with Gasteiger partial charge >= 0.3 is 0 Å². The molecule has 2 aromatic carbocycles. The van der Waals surface area contributed by atoms with E-state index in [0.29, 0.717) is 12.1 Å². The number of hydrogen-bond donors (Lipinski definition) is 2. The number of hydrogen-bond acceptors (Lipinski definition) is 4. The molecule has 1 aliphatic rings. The monoisotopic (exact) mass is 405 g/mol. The van der Waals surface area contributed by atoms with Gasteiger partial charge in [0.25, 0.3) is 0 Å². The Morgan fingerprint density at radius 1 is 1.04 bits per heavy atom. The average molecular weight is 406 g/mol. The normalized spacial score (nSPS) is 14.8. The zero-order valence-electron chi connectivity index (χ0n) is 15.0. The number of anilines is 1. The van der Waals surface area contributed by atoms with Crippen LogP contribution in [0.15, 0.2) is 54.6 Å². The van der Waals surface area contributed by atoms with Crippen LogP contribution in [-0.4, -0.2) is 41.3 Å². The van der Waals surface area contributed by atoms with Gasteiger partial charge in [-0.2, -0.15) is 11.8 Å². The van der Waals surface area contributed by atoms with Crippen LogP contribution in [0.4, 0.5) is 5.69 Å². The third kappa shape index (κ3) is 5.99. The zero-order chi connectivity index (χ0) is 18.4. The predicted octanol–water partition coefficient (Wildman–Crippen LogP) is 2.86. The van der Waals surface area contributed by atoms with Crippen molar-refractivity contribution in [1.29, 1.82) is 0 Å². The van der Waals surface area contributed by atoms with Gasteiger partial charge in [0.1, 0.15) is 6.04 Å². The van der Waals surface area contributed by atoms with Crippen molar-refractivity contribution in [2.75, 3.05) is 29.9 Å². The number of rotatable bonds is 5. The highest BCUT2D eigenvalue weighted by molar-refractivity contribution is 7.99. The van der Waals surface area contributed by atoms with Crippen molar-refractivity contribution in [2.45, 2.75) is 12.5 Å². The Kier molecular flexibility index (Phi) is 8.16. The van der Waals surface area contributed by atoms with Crippen molar-refractivity contribution in [3.05, 3.63) is 65.7 Å². The van der Waals surface area contributed by atoms with Crippen molar-refractivity contribution in [2.24, 2.45) is 5.73 Å². The van der Waals surface area contributed by atoms with Gasteiger partial charge in [0, 0.05) is 30.3 Å². The Labute approximate surface area is 170 Å². The Morgan fingerprint density at radius 3 is 2.30 bits per heavy atom. The number of carbonyl (C=O) groups is 2. The zero-order valence-corrected chi connectivity index (χ0v) is 16.6. The Bertz CT molecular complexity index is 750. The number of halogens is 1. The van der Waals surface area contributed by atoms with Crippen molar-refractivity contribution in [3.8, 4) is 0 Å². The summed E-state index contributed by atoms with van der Waals surface area (Å²) < 4.78 is 0. The van der Waals surface area contributed by atoms with Gasteiger partial charge < -0.3 is 16.0 Å². The summed E-state index contributed by atoms with van der Waals surface area (Å²) in [7, 11) is 0. The molecule has 1 fully saturated rings. The highest BCUT2D eigenvalue weighted by Gasteiger charge is 2.18. The lowest BCUT2D eigenvalue weighted by atomic mass is 10.1. The summed E-state index contributed by atoms with van der Waals surface area (Å²) in [4.78, 5) is 26.5. The SMILES string of the molecule is Cl.NC(C(=O)Nc1ccc(CC(=O)N2CCSCC2)cc1)c1ccccc1. The van der Waals surface area contributed by atoms with Gasteiger partial charge in [0.15, 0.2) is 0 Å². The maximum atomic E-state index is 12.3. The molecule has 0 saturated carbocycles. The third-order valence-electron chi connectivity index (χ3n) is 4.38. The minimum absolute atomic E-state index is 0. The number of carbonyl (C=O) groups excluding carboxylic acids is 2. The maximum Gasteiger partial charge on any atom is 0.245 e. The van der Waals surface area contributed by atoms with Crippen LogP contribution in [-0.2, 0) is 16.0 Å². The van der Waals surface area contributed by atoms with Gasteiger partial charge in [-0.25, -0.2) is 0 Å². The molecule has 3 N–H and O–H groups in total. The number of amides is 2. The molecule has 5 nitrogen and oxygen atoms in total. The summed E-state index contributed by atoms with van der Waals surface area (Å²) in [6.45, 7) is 1.66. The van der Waals surface area contributed by atoms with Gasteiger partial charge in [-0.3, -0.25) is 9.59 Å². The van der Waals surface area contributed by atoms with Crippen LogP contribution in [0.2, 0.25) is 0 Å². The molecule has 144 valence electrons. The highest BCUT2D eigenvalue weighted by atomic mass is 35.5. The van der Waals surface area contributed by atoms with Gasteiger partial charge in [-0.1, -0.05) is 42.5 Å². The third-order valence-corrected chi connectivity index (χ3v) is 5.32. The first-order valence-corrected chi connectivity index (χ1v) is 9.85. The van der Waals surface area contributed by atoms with E-state index in [4.69, 9.17) is 5.73 Å². The lowest BCUT2D eigenvalue weighted by molar-refractivity contribution is -0.130. The van der Waals surface area contributed by atoms with E-state index in [1.807, 2.05) is 71.3 Å². The van der Waals surface area contributed by atoms with Crippen molar-refractivity contribution >= 4 is 41.7 Å². The van der Waals surface area contributed by atoms with E-state index in [2.05, 4.69) is 5.32 Å². The fourth-order valence-electron chi connectivity index (χ4n) is 2.84. The van der Waals surface area contributed by atoms with Crippen molar-refractivity contribution < 1.29 is 9.59 Å². The van der Waals surface area contributed by atoms with Gasteiger partial charge in [0.05, 0.1) is 6.42 Å². The molecule has 0 aliphatic carbocycles. The van der Waals surface area contributed by atoms with E-state index < -0.39 is 6.04 Å². The maximum absolute atomic E-state index is 12.3. The van der Waals surface area contributed by atoms with Crippen LogP contribution in [0.1, 0.15) is 17.2 Å². The highest BCUT2D eigenvalue weighted by Crippen LogP contribution is 2.16. The molecule has 27 heavy (non-hydrogen) atoms. The topological polar surface area (TPSA) is 75.4 Å². The van der Waals surface area contributed by atoms with E-state index in [-0.39, 0.29) is 24.2 Å². The molecule has 7 heteroatoms. The molecule has 2 aromatic rings. The molecular weight excluding hydrogens is 382 g/mol. The Morgan fingerprint density at radius 2 is 1.67 bits per heavy atom. The number of thioether (sulfide) groups is 1. The first kappa shape index (κ1) is 21.3. The molecule has 0 bridgehead atoms. The number of nitrogens with zero attached hydrogens (tertiary/aromatic N) is 1. The number of benzene rings is 2. The minimum atomic E-state index is -0.713. The first-order valence-electron chi connectivity index (χ1n) is 8.69. The average Bonchev–Trinajstić information content (AvgIpc) is 2.70. The van der Waals surface area contributed by atoms with Crippen LogP contribution in [0, 0.1) is 0 Å². The molecule has 0 radical (unpaired) electrons. The summed E-state index contributed by atoms with van der Waals surface area (Å²) in [5.41, 5.74) is 8.39. The van der Waals surface area contributed by atoms with Crippen LogP contribution in [0.3, 0.4) is 0 Å². The second kappa shape index (κ2) is 10.3. The molecule has 1 aliphatic heterocycles. The van der Waals surface area contributed by atoms with E-state index in [0.717, 1.165) is 35.7 Å². The van der Waals surface area contributed by atoms with E-state index in [1.54, 1.807) is 0 Å². The second-order valence-corrected chi connectivity index (χ2v) is 7.47. The largest absolute Gasteiger partial charge is 0.341 e. The molecule has 1 atom stereocenters. The van der Waals surface area contributed by atoms with Crippen LogP contribution in [0.25, 0.3) is 0 Å². The molecular formula is C20H24ClN3O2S.